The summed E-state index contributed by atoms with van der Waals surface area (Å²) >= 11 is 1.59. The normalized spacial score (nSPS) is 10.4. The molecule has 0 aliphatic rings. The summed E-state index contributed by atoms with van der Waals surface area (Å²) in [6.07, 6.45) is 0. The van der Waals surface area contributed by atoms with Crippen molar-refractivity contribution in [3.63, 3.8) is 0 Å². The highest BCUT2D eigenvalue weighted by Crippen LogP contribution is 2.35. The monoisotopic (exact) mass is 339 g/mol. The Morgan fingerprint density at radius 1 is 0.917 bits per heavy atom. The quantitative estimate of drug-likeness (QED) is 0.390. The summed E-state index contributed by atoms with van der Waals surface area (Å²) in [6, 6.07) is 17.7. The highest BCUT2D eigenvalue weighted by molar-refractivity contribution is 7.18. The molecule has 0 bridgehead atoms. The number of rotatable bonds is 4. The van der Waals surface area contributed by atoms with Crippen LogP contribution in [0.4, 0.5) is 5.69 Å². The second-order valence-corrected chi connectivity index (χ2v) is 6.12. The average Bonchev–Trinajstić information content (AvgIpc) is 3.11. The van der Waals surface area contributed by atoms with Gasteiger partial charge in [-0.3, -0.25) is 10.1 Å². The molecule has 0 amide bonds. The summed E-state index contributed by atoms with van der Waals surface area (Å²) in [5.41, 5.74) is 2.52. The molecule has 2 aromatic carbocycles. The average molecular weight is 339 g/mol. The summed E-state index contributed by atoms with van der Waals surface area (Å²) in [5, 5.41) is 10.7. The molecule has 0 radical (unpaired) electrons. The number of carbonyl (C=O) groups excluding carboxylic acids is 1. The maximum absolute atomic E-state index is 11.5. The van der Waals surface area contributed by atoms with Gasteiger partial charge in [0.1, 0.15) is 0 Å². The number of nitro benzene ring substituents is 1. The molecule has 3 rings (SSSR count). The fourth-order valence-corrected chi connectivity index (χ4v) is 3.30. The van der Waals surface area contributed by atoms with E-state index in [1.807, 2.05) is 24.3 Å². The minimum Gasteiger partial charge on any atom is -0.465 e. The van der Waals surface area contributed by atoms with Crippen LogP contribution in [0.25, 0.3) is 20.9 Å². The number of non-ortho nitro benzene ring substituents is 1. The summed E-state index contributed by atoms with van der Waals surface area (Å²) < 4.78 is 4.69. The van der Waals surface area contributed by atoms with Gasteiger partial charge in [0.25, 0.3) is 5.69 Å². The van der Waals surface area contributed by atoms with Gasteiger partial charge in [-0.05, 0) is 47.5 Å². The van der Waals surface area contributed by atoms with Crippen molar-refractivity contribution in [3.8, 4) is 20.9 Å². The smallest absolute Gasteiger partial charge is 0.337 e. The SMILES string of the molecule is COC(=O)c1ccc(-c2ccc(-c3ccc([N+](=O)[O-])cc3)s2)cc1. The van der Waals surface area contributed by atoms with E-state index in [0.717, 1.165) is 20.9 Å². The number of benzene rings is 2. The summed E-state index contributed by atoms with van der Waals surface area (Å²) in [5.74, 6) is -0.362. The topological polar surface area (TPSA) is 69.4 Å². The van der Waals surface area contributed by atoms with Crippen LogP contribution in [0.3, 0.4) is 0 Å². The lowest BCUT2D eigenvalue weighted by Gasteiger charge is -2.01. The first-order valence-electron chi connectivity index (χ1n) is 7.12. The van der Waals surface area contributed by atoms with Crippen LogP contribution < -0.4 is 0 Å². The molecular formula is C18H13NO4S. The first-order valence-corrected chi connectivity index (χ1v) is 7.93. The van der Waals surface area contributed by atoms with Crippen LogP contribution >= 0.6 is 11.3 Å². The lowest BCUT2D eigenvalue weighted by molar-refractivity contribution is -0.384. The van der Waals surface area contributed by atoms with Gasteiger partial charge >= 0.3 is 5.97 Å². The number of carbonyl (C=O) groups is 1. The number of esters is 1. The van der Waals surface area contributed by atoms with E-state index in [1.165, 1.54) is 19.2 Å². The Labute approximate surface area is 142 Å². The zero-order valence-corrected chi connectivity index (χ0v) is 13.6. The van der Waals surface area contributed by atoms with E-state index in [0.29, 0.717) is 5.56 Å². The third-order valence-electron chi connectivity index (χ3n) is 3.56. The zero-order valence-electron chi connectivity index (χ0n) is 12.8. The van der Waals surface area contributed by atoms with Crippen LogP contribution in [-0.2, 0) is 4.74 Å². The van der Waals surface area contributed by atoms with Gasteiger partial charge in [-0.2, -0.15) is 0 Å². The van der Waals surface area contributed by atoms with Crippen molar-refractivity contribution in [2.45, 2.75) is 0 Å². The van der Waals surface area contributed by atoms with Gasteiger partial charge in [-0.25, -0.2) is 4.79 Å². The molecule has 1 heterocycles. The molecule has 0 saturated carbocycles. The number of ether oxygens (including phenoxy) is 1. The second kappa shape index (κ2) is 6.64. The molecule has 0 spiro atoms. The summed E-state index contributed by atoms with van der Waals surface area (Å²) in [6.45, 7) is 0. The lowest BCUT2D eigenvalue weighted by Crippen LogP contribution is -2.00. The van der Waals surface area contributed by atoms with Gasteiger partial charge in [0, 0.05) is 21.9 Å². The van der Waals surface area contributed by atoms with E-state index >= 15 is 0 Å². The molecule has 5 nitrogen and oxygen atoms in total. The Bertz CT molecular complexity index is 882. The lowest BCUT2D eigenvalue weighted by atomic mass is 10.1. The van der Waals surface area contributed by atoms with Crippen LogP contribution in [0.15, 0.2) is 60.7 Å². The van der Waals surface area contributed by atoms with Crippen LogP contribution in [0, 0.1) is 10.1 Å². The Morgan fingerprint density at radius 3 is 1.88 bits per heavy atom. The summed E-state index contributed by atoms with van der Waals surface area (Å²) in [7, 11) is 1.35. The standard InChI is InChI=1S/C18H13NO4S/c1-23-18(20)14-4-2-12(3-5-14)16-10-11-17(24-16)13-6-8-15(9-7-13)19(21)22/h2-11H,1H3. The Hall–Kier alpha value is -2.99. The van der Waals surface area contributed by atoms with Crippen molar-refractivity contribution in [2.75, 3.05) is 7.11 Å². The minimum atomic E-state index is -0.410. The molecule has 0 saturated heterocycles. The van der Waals surface area contributed by atoms with Crippen molar-refractivity contribution >= 4 is 23.0 Å². The molecule has 0 aliphatic carbocycles. The van der Waals surface area contributed by atoms with Crippen LogP contribution in [0.1, 0.15) is 10.4 Å². The third-order valence-corrected chi connectivity index (χ3v) is 4.74. The molecule has 3 aromatic rings. The molecule has 0 atom stereocenters. The zero-order chi connectivity index (χ0) is 17.1. The van der Waals surface area contributed by atoms with Crippen molar-refractivity contribution < 1.29 is 14.5 Å². The third kappa shape index (κ3) is 3.18. The number of nitrogens with zero attached hydrogens (tertiary/aromatic N) is 1. The number of nitro groups is 1. The summed E-state index contributed by atoms with van der Waals surface area (Å²) in [4.78, 5) is 23.8. The van der Waals surface area contributed by atoms with Crippen molar-refractivity contribution in [1.29, 1.82) is 0 Å². The van der Waals surface area contributed by atoms with E-state index in [4.69, 9.17) is 0 Å². The van der Waals surface area contributed by atoms with E-state index < -0.39 is 4.92 Å². The molecule has 0 unspecified atom stereocenters. The Morgan fingerprint density at radius 2 is 1.42 bits per heavy atom. The fraction of sp³-hybridized carbons (Fsp3) is 0.0556. The molecule has 0 aliphatic heterocycles. The molecule has 120 valence electrons. The first kappa shape index (κ1) is 15.9. The Balaban J connectivity index is 1.85. The van der Waals surface area contributed by atoms with Gasteiger partial charge in [-0.1, -0.05) is 12.1 Å². The van der Waals surface area contributed by atoms with Crippen molar-refractivity contribution in [3.05, 3.63) is 76.3 Å². The highest BCUT2D eigenvalue weighted by atomic mass is 32.1. The predicted octanol–water partition coefficient (Wildman–Crippen LogP) is 4.78. The molecule has 6 heteroatoms. The maximum atomic E-state index is 11.5. The highest BCUT2D eigenvalue weighted by Gasteiger charge is 2.09. The number of thiophene rings is 1. The number of hydrogen-bond donors (Lipinski definition) is 0. The molecule has 0 N–H and O–H groups in total. The van der Waals surface area contributed by atoms with Gasteiger partial charge in [0.05, 0.1) is 17.6 Å². The van der Waals surface area contributed by atoms with E-state index in [2.05, 4.69) is 4.74 Å². The van der Waals surface area contributed by atoms with E-state index in [-0.39, 0.29) is 11.7 Å². The largest absolute Gasteiger partial charge is 0.465 e. The first-order chi connectivity index (χ1) is 11.6. The van der Waals surface area contributed by atoms with Gasteiger partial charge in [-0.15, -0.1) is 11.3 Å². The maximum Gasteiger partial charge on any atom is 0.337 e. The molecule has 1 aromatic heterocycles. The number of hydrogen-bond acceptors (Lipinski definition) is 5. The predicted molar refractivity (Wildman–Crippen MR) is 93.2 cm³/mol. The Kier molecular flexibility index (Phi) is 4.39. The second-order valence-electron chi connectivity index (χ2n) is 5.04. The van der Waals surface area contributed by atoms with Gasteiger partial charge < -0.3 is 4.74 Å². The van der Waals surface area contributed by atoms with Crippen LogP contribution in [0.2, 0.25) is 0 Å². The van der Waals surface area contributed by atoms with E-state index in [9.17, 15) is 14.9 Å². The van der Waals surface area contributed by atoms with E-state index in [1.54, 1.807) is 35.6 Å². The molecular weight excluding hydrogens is 326 g/mol. The van der Waals surface area contributed by atoms with Crippen molar-refractivity contribution in [2.24, 2.45) is 0 Å². The molecule has 24 heavy (non-hydrogen) atoms. The number of methoxy groups -OCH3 is 1. The minimum absolute atomic E-state index is 0.0777. The van der Waals surface area contributed by atoms with Gasteiger partial charge in [0.15, 0.2) is 0 Å². The fourth-order valence-electron chi connectivity index (χ4n) is 2.28. The van der Waals surface area contributed by atoms with Gasteiger partial charge in [0.2, 0.25) is 0 Å². The van der Waals surface area contributed by atoms with Crippen LogP contribution in [0.5, 0.6) is 0 Å². The van der Waals surface area contributed by atoms with Crippen molar-refractivity contribution in [1.82, 2.24) is 0 Å². The molecule has 0 fully saturated rings. The van der Waals surface area contributed by atoms with Crippen LogP contribution in [-0.4, -0.2) is 18.0 Å².